The number of H-pyrrole nitrogens is 1. The Balaban J connectivity index is 0.000000490. The minimum Gasteiger partial charge on any atom is -0.359 e. The Kier molecular flexibility index (Phi) is 2.62. The molecule has 0 unspecified atom stereocenters. The maximum Gasteiger partial charge on any atom is 0.166 e. The van der Waals surface area contributed by atoms with Gasteiger partial charge in [-0.25, -0.2) is 0 Å². The summed E-state index contributed by atoms with van der Waals surface area (Å²) in [6.07, 6.45) is 2.49. The Bertz CT molecular complexity index is 144. The number of hydrogen-bond acceptors (Lipinski definition) is 1. The Morgan fingerprint density at radius 1 is 1.62 bits per heavy atom. The molecule has 2 nitrogen and oxygen atoms in total. The van der Waals surface area contributed by atoms with Gasteiger partial charge in [0.1, 0.15) is 0 Å². The standard InChI is InChI=1S/C5H5NO.CH4/c7-4-5-2-1-3-6-5;/h1-4,6H;1H4. The van der Waals surface area contributed by atoms with E-state index in [1.165, 1.54) is 0 Å². The van der Waals surface area contributed by atoms with E-state index in [0.717, 1.165) is 6.29 Å². The van der Waals surface area contributed by atoms with Gasteiger partial charge in [-0.15, -0.1) is 0 Å². The Morgan fingerprint density at radius 3 is 2.62 bits per heavy atom. The molecule has 1 heterocycles. The molecule has 0 atom stereocenters. The van der Waals surface area contributed by atoms with Gasteiger partial charge in [-0.2, -0.15) is 0 Å². The zero-order valence-electron chi connectivity index (χ0n) is 3.72. The van der Waals surface area contributed by atoms with Gasteiger partial charge in [-0.3, -0.25) is 4.79 Å². The van der Waals surface area contributed by atoms with E-state index in [1.807, 2.05) is 0 Å². The molecule has 8 heavy (non-hydrogen) atoms. The fourth-order valence-electron chi connectivity index (χ4n) is 0.418. The molecule has 0 amide bonds. The highest BCUT2D eigenvalue weighted by Crippen LogP contribution is 1.85. The average Bonchev–Trinajstić information content (AvgIpc) is 2.14. The van der Waals surface area contributed by atoms with Crippen LogP contribution in [0.3, 0.4) is 0 Å². The number of aldehydes is 1. The van der Waals surface area contributed by atoms with Crippen LogP contribution >= 0.6 is 0 Å². The van der Waals surface area contributed by atoms with Crippen molar-refractivity contribution in [2.75, 3.05) is 0 Å². The second-order valence-corrected chi connectivity index (χ2v) is 1.24. The number of rotatable bonds is 1. The van der Waals surface area contributed by atoms with Gasteiger partial charge >= 0.3 is 0 Å². The summed E-state index contributed by atoms with van der Waals surface area (Å²) < 4.78 is 0. The molecule has 1 aromatic rings. The van der Waals surface area contributed by atoms with E-state index in [2.05, 4.69) is 4.98 Å². The summed E-state index contributed by atoms with van der Waals surface area (Å²) in [6, 6.07) is 3.50. The average molecular weight is 111 g/mol. The minimum absolute atomic E-state index is 0. The van der Waals surface area contributed by atoms with Crippen LogP contribution in [0.2, 0.25) is 0 Å². The van der Waals surface area contributed by atoms with Crippen LogP contribution in [0.1, 0.15) is 17.9 Å². The first kappa shape index (κ1) is 6.95. The highest BCUT2D eigenvalue weighted by atomic mass is 16.1. The predicted molar refractivity (Wildman–Crippen MR) is 32.9 cm³/mol. The highest BCUT2D eigenvalue weighted by molar-refractivity contribution is 5.71. The highest BCUT2D eigenvalue weighted by Gasteiger charge is 1.81. The topological polar surface area (TPSA) is 32.9 Å². The van der Waals surface area contributed by atoms with Gasteiger partial charge in [0.2, 0.25) is 0 Å². The summed E-state index contributed by atoms with van der Waals surface area (Å²) in [7, 11) is 0. The third kappa shape index (κ3) is 1.22. The first-order valence-corrected chi connectivity index (χ1v) is 2.02. The minimum atomic E-state index is 0. The van der Waals surface area contributed by atoms with Crippen LogP contribution in [0.4, 0.5) is 0 Å². The lowest BCUT2D eigenvalue weighted by molar-refractivity contribution is 0.111. The van der Waals surface area contributed by atoms with Crippen molar-refractivity contribution in [2.24, 2.45) is 0 Å². The molecular formula is C6H9NO. The molecule has 0 aliphatic carbocycles. The van der Waals surface area contributed by atoms with E-state index in [-0.39, 0.29) is 7.43 Å². The first-order chi connectivity index (χ1) is 3.43. The zero-order valence-corrected chi connectivity index (χ0v) is 3.72. The molecule has 44 valence electrons. The zero-order chi connectivity index (χ0) is 5.11. The predicted octanol–water partition coefficient (Wildman–Crippen LogP) is 1.46. The monoisotopic (exact) mass is 111 g/mol. The SMILES string of the molecule is C.O=Cc1ccc[nH]1. The maximum atomic E-state index is 9.84. The Hall–Kier alpha value is -1.05. The summed E-state index contributed by atoms with van der Waals surface area (Å²) in [5, 5.41) is 0. The van der Waals surface area contributed by atoms with Crippen molar-refractivity contribution in [3.63, 3.8) is 0 Å². The molecule has 2 heteroatoms. The quantitative estimate of drug-likeness (QED) is 0.547. The Labute approximate surface area is 48.5 Å². The van der Waals surface area contributed by atoms with E-state index < -0.39 is 0 Å². The number of aromatic nitrogens is 1. The van der Waals surface area contributed by atoms with E-state index in [9.17, 15) is 4.79 Å². The molecule has 0 aliphatic rings. The number of carbonyl (C=O) groups excluding carboxylic acids is 1. The van der Waals surface area contributed by atoms with Crippen LogP contribution in [-0.4, -0.2) is 11.3 Å². The van der Waals surface area contributed by atoms with Crippen molar-refractivity contribution in [3.05, 3.63) is 24.0 Å². The van der Waals surface area contributed by atoms with Crippen LogP contribution in [0.15, 0.2) is 18.3 Å². The summed E-state index contributed by atoms with van der Waals surface area (Å²) in [6.45, 7) is 0. The van der Waals surface area contributed by atoms with Gasteiger partial charge < -0.3 is 4.98 Å². The third-order valence-corrected chi connectivity index (χ3v) is 0.749. The van der Waals surface area contributed by atoms with Crippen molar-refractivity contribution in [1.82, 2.24) is 4.98 Å². The van der Waals surface area contributed by atoms with E-state index >= 15 is 0 Å². The van der Waals surface area contributed by atoms with E-state index in [0.29, 0.717) is 5.69 Å². The van der Waals surface area contributed by atoms with Crippen molar-refractivity contribution in [1.29, 1.82) is 0 Å². The van der Waals surface area contributed by atoms with Crippen molar-refractivity contribution in [3.8, 4) is 0 Å². The molecule has 1 aromatic heterocycles. The lowest BCUT2D eigenvalue weighted by Gasteiger charge is -1.70. The van der Waals surface area contributed by atoms with Gasteiger partial charge in [0.05, 0.1) is 5.69 Å². The largest absolute Gasteiger partial charge is 0.359 e. The molecular weight excluding hydrogens is 102 g/mol. The van der Waals surface area contributed by atoms with Crippen LogP contribution in [0.5, 0.6) is 0 Å². The van der Waals surface area contributed by atoms with Crippen LogP contribution < -0.4 is 0 Å². The Morgan fingerprint density at radius 2 is 2.38 bits per heavy atom. The molecule has 0 saturated carbocycles. The summed E-state index contributed by atoms with van der Waals surface area (Å²) in [4.78, 5) is 12.6. The van der Waals surface area contributed by atoms with Crippen molar-refractivity contribution >= 4 is 6.29 Å². The van der Waals surface area contributed by atoms with Crippen LogP contribution in [0, 0.1) is 0 Å². The molecule has 0 fully saturated rings. The van der Waals surface area contributed by atoms with Crippen LogP contribution in [0.25, 0.3) is 0 Å². The molecule has 1 N–H and O–H groups in total. The molecule has 0 aromatic carbocycles. The smallest absolute Gasteiger partial charge is 0.166 e. The van der Waals surface area contributed by atoms with E-state index in [4.69, 9.17) is 0 Å². The van der Waals surface area contributed by atoms with Crippen LogP contribution in [-0.2, 0) is 0 Å². The summed E-state index contributed by atoms with van der Waals surface area (Å²) in [5.41, 5.74) is 0.625. The number of aromatic amines is 1. The van der Waals surface area contributed by atoms with Crippen molar-refractivity contribution < 1.29 is 4.79 Å². The third-order valence-electron chi connectivity index (χ3n) is 0.749. The second-order valence-electron chi connectivity index (χ2n) is 1.24. The second kappa shape index (κ2) is 3.02. The summed E-state index contributed by atoms with van der Waals surface area (Å²) >= 11 is 0. The van der Waals surface area contributed by atoms with E-state index in [1.54, 1.807) is 18.3 Å². The molecule has 1 rings (SSSR count). The first-order valence-electron chi connectivity index (χ1n) is 2.02. The molecule has 0 saturated heterocycles. The number of hydrogen-bond donors (Lipinski definition) is 1. The number of nitrogens with one attached hydrogen (secondary N) is 1. The van der Waals surface area contributed by atoms with Gasteiger partial charge in [0.25, 0.3) is 0 Å². The summed E-state index contributed by atoms with van der Waals surface area (Å²) in [5.74, 6) is 0. The molecule has 0 spiro atoms. The lowest BCUT2D eigenvalue weighted by Crippen LogP contribution is -1.72. The van der Waals surface area contributed by atoms with Gasteiger partial charge in [-0.05, 0) is 12.1 Å². The molecule has 0 radical (unpaired) electrons. The maximum absolute atomic E-state index is 9.84. The fourth-order valence-corrected chi connectivity index (χ4v) is 0.418. The fraction of sp³-hybridized carbons (Fsp3) is 0.167. The normalized spacial score (nSPS) is 7.50. The lowest BCUT2D eigenvalue weighted by atomic mass is 10.5. The van der Waals surface area contributed by atoms with Gasteiger partial charge in [0, 0.05) is 6.20 Å². The van der Waals surface area contributed by atoms with Crippen molar-refractivity contribution in [2.45, 2.75) is 7.43 Å². The molecule has 0 aliphatic heterocycles. The van der Waals surface area contributed by atoms with Gasteiger partial charge in [0.15, 0.2) is 6.29 Å². The molecule has 0 bridgehead atoms. The van der Waals surface area contributed by atoms with Gasteiger partial charge in [-0.1, -0.05) is 7.43 Å². The number of carbonyl (C=O) groups is 1.